The molecule has 0 saturated carbocycles. The number of fused-ring (bicyclic) bond motifs is 4. The van der Waals surface area contributed by atoms with Gasteiger partial charge in [0.25, 0.3) is 0 Å². The lowest BCUT2D eigenvalue weighted by Gasteiger charge is -2.34. The maximum absolute atomic E-state index is 2.46. The summed E-state index contributed by atoms with van der Waals surface area (Å²) < 4.78 is 0. The Kier molecular flexibility index (Phi) is 3.40. The van der Waals surface area contributed by atoms with Gasteiger partial charge in [0, 0.05) is 0 Å². The first-order chi connectivity index (χ1) is 13.8. The second-order valence-corrected chi connectivity index (χ2v) is 8.21. The third-order valence-electron chi connectivity index (χ3n) is 6.59. The summed E-state index contributed by atoms with van der Waals surface area (Å²) in [5, 5.41) is 0. The average molecular weight is 356 g/mol. The third-order valence-corrected chi connectivity index (χ3v) is 6.59. The van der Waals surface area contributed by atoms with Crippen molar-refractivity contribution in [3.05, 3.63) is 113 Å². The molecule has 0 amide bonds. The zero-order chi connectivity index (χ0) is 18.7. The van der Waals surface area contributed by atoms with Crippen molar-refractivity contribution in [1.29, 1.82) is 0 Å². The van der Waals surface area contributed by atoms with Gasteiger partial charge in [-0.1, -0.05) is 101 Å². The maximum Gasteiger partial charge on any atom is 0.242 e. The van der Waals surface area contributed by atoms with E-state index in [9.17, 15) is 0 Å². The fourth-order valence-corrected chi connectivity index (χ4v) is 5.34. The van der Waals surface area contributed by atoms with Crippen LogP contribution in [0.4, 0.5) is 0 Å². The van der Waals surface area contributed by atoms with Crippen LogP contribution < -0.4 is 16.4 Å². The molecule has 0 radical (unpaired) electrons. The first kappa shape index (κ1) is 16.0. The van der Waals surface area contributed by atoms with Crippen molar-refractivity contribution in [2.75, 3.05) is 0 Å². The molecule has 0 bridgehead atoms. The lowest BCUT2D eigenvalue weighted by Crippen LogP contribution is -2.61. The van der Waals surface area contributed by atoms with Gasteiger partial charge in [0.05, 0.1) is 0 Å². The second kappa shape index (κ2) is 5.97. The highest BCUT2D eigenvalue weighted by atomic mass is 14.2. The van der Waals surface area contributed by atoms with Crippen LogP contribution in [0.3, 0.4) is 0 Å². The Morgan fingerprint density at radius 2 is 1.14 bits per heavy atom. The van der Waals surface area contributed by atoms with E-state index in [0.29, 0.717) is 6.71 Å². The molecular weight excluding hydrogens is 335 g/mol. The first-order valence-electron chi connectivity index (χ1n) is 10.2. The topological polar surface area (TPSA) is 0 Å². The van der Waals surface area contributed by atoms with E-state index in [1.165, 1.54) is 49.9 Å². The Balaban J connectivity index is 1.64. The summed E-state index contributed by atoms with van der Waals surface area (Å²) in [6.07, 6.45) is 2.08. The molecule has 0 spiro atoms. The van der Waals surface area contributed by atoms with Crippen LogP contribution in [0.15, 0.2) is 84.9 Å². The molecule has 0 saturated heterocycles. The van der Waals surface area contributed by atoms with E-state index >= 15 is 0 Å². The van der Waals surface area contributed by atoms with Crippen molar-refractivity contribution in [3.8, 4) is 11.1 Å². The van der Waals surface area contributed by atoms with Gasteiger partial charge in [-0.25, -0.2) is 0 Å². The minimum absolute atomic E-state index is 0.380. The van der Waals surface area contributed by atoms with Gasteiger partial charge in [-0.2, -0.15) is 0 Å². The number of hydrogen-bond donors (Lipinski definition) is 0. The van der Waals surface area contributed by atoms with E-state index in [1.807, 2.05) is 0 Å². The smallest absolute Gasteiger partial charge is 0.0667 e. The molecule has 0 N–H and O–H groups in total. The number of hydrogen-bond acceptors (Lipinski definition) is 0. The van der Waals surface area contributed by atoms with Crippen LogP contribution in [-0.4, -0.2) is 6.71 Å². The third kappa shape index (κ3) is 2.26. The van der Waals surface area contributed by atoms with Gasteiger partial charge in [0.15, 0.2) is 0 Å². The van der Waals surface area contributed by atoms with Gasteiger partial charge in [0.1, 0.15) is 0 Å². The largest absolute Gasteiger partial charge is 0.242 e. The second-order valence-electron chi connectivity index (χ2n) is 8.21. The average Bonchev–Trinajstić information content (AvgIpc) is 2.73. The molecule has 1 heteroatoms. The molecule has 0 aliphatic carbocycles. The van der Waals surface area contributed by atoms with E-state index < -0.39 is 0 Å². The Morgan fingerprint density at radius 3 is 1.75 bits per heavy atom. The Labute approximate surface area is 167 Å². The highest BCUT2D eigenvalue weighted by Gasteiger charge is 2.36. The molecule has 2 aliphatic rings. The highest BCUT2D eigenvalue weighted by Crippen LogP contribution is 2.30. The molecule has 4 aromatic carbocycles. The standard InChI is InChI=1S/C27H21B/c1-18-8-2-5-11-24(18)21-16-22-14-19-9-3-6-12-25(19)28-26-13-7-4-10-20(26)15-23(17-21)27(22)28/h2-13,16-17H,14-15H2,1H3. The number of rotatable bonds is 1. The molecule has 28 heavy (non-hydrogen) atoms. The molecule has 0 nitrogen and oxygen atoms in total. The molecule has 4 aromatic rings. The zero-order valence-electron chi connectivity index (χ0n) is 16.1. The van der Waals surface area contributed by atoms with Crippen molar-refractivity contribution in [3.63, 3.8) is 0 Å². The minimum Gasteiger partial charge on any atom is -0.0667 e. The summed E-state index contributed by atoms with van der Waals surface area (Å²) in [5.41, 5.74) is 14.6. The van der Waals surface area contributed by atoms with Crippen molar-refractivity contribution in [1.82, 2.24) is 0 Å². The molecule has 6 rings (SSSR count). The molecule has 0 aromatic heterocycles. The molecular formula is C27H21B. The van der Waals surface area contributed by atoms with Crippen LogP contribution in [0.5, 0.6) is 0 Å². The van der Waals surface area contributed by atoms with Gasteiger partial charge < -0.3 is 0 Å². The van der Waals surface area contributed by atoms with Crippen LogP contribution in [0.2, 0.25) is 0 Å². The van der Waals surface area contributed by atoms with Gasteiger partial charge in [-0.05, 0) is 58.7 Å². The van der Waals surface area contributed by atoms with Crippen LogP contribution in [-0.2, 0) is 12.8 Å². The maximum atomic E-state index is 2.46. The minimum atomic E-state index is 0.380. The molecule has 0 fully saturated rings. The van der Waals surface area contributed by atoms with Crippen molar-refractivity contribution < 1.29 is 0 Å². The quantitative estimate of drug-likeness (QED) is 0.391. The van der Waals surface area contributed by atoms with Crippen molar-refractivity contribution >= 4 is 23.1 Å². The summed E-state index contributed by atoms with van der Waals surface area (Å²) >= 11 is 0. The Hall–Kier alpha value is -3.06. The lowest BCUT2D eigenvalue weighted by atomic mass is 9.30. The van der Waals surface area contributed by atoms with E-state index in [4.69, 9.17) is 0 Å². The van der Waals surface area contributed by atoms with Gasteiger partial charge in [-0.3, -0.25) is 0 Å². The predicted molar refractivity (Wildman–Crippen MR) is 120 cm³/mol. The Bertz CT molecular complexity index is 1160. The molecule has 0 atom stereocenters. The van der Waals surface area contributed by atoms with Gasteiger partial charge >= 0.3 is 0 Å². The summed E-state index contributed by atoms with van der Waals surface area (Å²) in [6, 6.07) is 31.7. The number of aryl methyl sites for hydroxylation is 1. The Morgan fingerprint density at radius 1 is 0.607 bits per heavy atom. The van der Waals surface area contributed by atoms with Gasteiger partial charge in [0.2, 0.25) is 6.71 Å². The molecule has 0 unspecified atom stereocenters. The predicted octanol–water partition coefficient (Wildman–Crippen LogP) is 3.99. The van der Waals surface area contributed by atoms with Crippen LogP contribution in [0.1, 0.15) is 27.8 Å². The molecule has 2 heterocycles. The molecule has 2 aliphatic heterocycles. The fourth-order valence-electron chi connectivity index (χ4n) is 5.34. The highest BCUT2D eigenvalue weighted by molar-refractivity contribution is 6.97. The van der Waals surface area contributed by atoms with E-state index in [0.717, 1.165) is 12.8 Å². The summed E-state index contributed by atoms with van der Waals surface area (Å²) in [7, 11) is 0. The van der Waals surface area contributed by atoms with E-state index in [-0.39, 0.29) is 0 Å². The molecule has 132 valence electrons. The monoisotopic (exact) mass is 356 g/mol. The number of benzene rings is 4. The first-order valence-corrected chi connectivity index (χ1v) is 10.2. The van der Waals surface area contributed by atoms with Crippen LogP contribution in [0.25, 0.3) is 11.1 Å². The summed E-state index contributed by atoms with van der Waals surface area (Å²) in [5.74, 6) is 0. The van der Waals surface area contributed by atoms with Gasteiger partial charge in [-0.15, -0.1) is 0 Å². The summed E-state index contributed by atoms with van der Waals surface area (Å²) in [6.45, 7) is 2.60. The van der Waals surface area contributed by atoms with Crippen molar-refractivity contribution in [2.24, 2.45) is 0 Å². The lowest BCUT2D eigenvalue weighted by molar-refractivity contribution is 1.15. The van der Waals surface area contributed by atoms with Crippen LogP contribution in [0, 0.1) is 6.92 Å². The van der Waals surface area contributed by atoms with E-state index in [2.05, 4.69) is 91.9 Å². The summed E-state index contributed by atoms with van der Waals surface area (Å²) in [4.78, 5) is 0. The zero-order valence-corrected chi connectivity index (χ0v) is 16.1. The normalized spacial score (nSPS) is 13.5. The van der Waals surface area contributed by atoms with E-state index in [1.54, 1.807) is 5.46 Å². The van der Waals surface area contributed by atoms with Crippen LogP contribution >= 0.6 is 0 Å². The van der Waals surface area contributed by atoms with Crippen molar-refractivity contribution in [2.45, 2.75) is 19.8 Å². The SMILES string of the molecule is Cc1ccccc1-c1cc2c3c(c1)Cc1ccccc1B3c1ccccc1C2. The fraction of sp³-hybridized carbons (Fsp3) is 0.111.